The van der Waals surface area contributed by atoms with E-state index >= 15 is 0 Å². The second-order valence-corrected chi connectivity index (χ2v) is 6.42. The number of hydrogen-bond acceptors (Lipinski definition) is 4. The maximum Gasteiger partial charge on any atom is 0.143 e. The Morgan fingerprint density at radius 3 is 2.46 bits per heavy atom. The predicted molar refractivity (Wildman–Crippen MR) is 100 cm³/mol. The van der Waals surface area contributed by atoms with Gasteiger partial charge in [0.2, 0.25) is 0 Å². The van der Waals surface area contributed by atoms with Gasteiger partial charge < -0.3 is 14.7 Å². The molecule has 1 N–H and O–H groups in total. The Kier molecular flexibility index (Phi) is 6.49. The summed E-state index contributed by atoms with van der Waals surface area (Å²) in [5, 5.41) is 10.6. The molecular formula is C18H20Cl2N2O2. The third-order valence-electron chi connectivity index (χ3n) is 3.69. The molecule has 0 spiro atoms. The number of aliphatic imine (C=N–C) groups is 1. The number of rotatable bonds is 6. The van der Waals surface area contributed by atoms with Crippen molar-refractivity contribution in [2.24, 2.45) is 4.99 Å². The molecule has 0 aromatic heterocycles. The van der Waals surface area contributed by atoms with Gasteiger partial charge in [0, 0.05) is 16.8 Å². The molecule has 0 saturated heterocycles. The Morgan fingerprint density at radius 2 is 1.88 bits per heavy atom. The zero-order valence-corrected chi connectivity index (χ0v) is 15.3. The van der Waals surface area contributed by atoms with Gasteiger partial charge in [0.1, 0.15) is 11.5 Å². The molecule has 0 aliphatic heterocycles. The summed E-state index contributed by atoms with van der Waals surface area (Å²) in [5.41, 5.74) is 1.63. The average Bonchev–Trinajstić information content (AvgIpc) is 2.55. The Hall–Kier alpha value is -1.75. The number of likely N-dealkylation sites (N-methyl/N-ethyl adjacent to an activating group) is 1. The highest BCUT2D eigenvalue weighted by Gasteiger charge is 2.13. The molecule has 128 valence electrons. The molecule has 0 bridgehead atoms. The van der Waals surface area contributed by atoms with Crippen LogP contribution in [0.5, 0.6) is 11.5 Å². The normalized spacial score (nSPS) is 12.8. The third kappa shape index (κ3) is 4.63. The lowest BCUT2D eigenvalue weighted by molar-refractivity contribution is 0.306. The molecule has 2 aromatic rings. The van der Waals surface area contributed by atoms with Crippen LogP contribution >= 0.6 is 23.2 Å². The van der Waals surface area contributed by atoms with Crippen molar-refractivity contribution in [2.75, 3.05) is 27.7 Å². The first kappa shape index (κ1) is 18.6. The predicted octanol–water partition coefficient (Wildman–Crippen LogP) is 4.43. The number of halogens is 2. The molecule has 4 nitrogen and oxygen atoms in total. The van der Waals surface area contributed by atoms with E-state index in [1.54, 1.807) is 19.4 Å². The number of phenolic OH excluding ortho intramolecular Hbond substituents is 1. The highest BCUT2D eigenvalue weighted by Crippen LogP contribution is 2.30. The molecule has 2 aromatic carbocycles. The first-order valence-corrected chi connectivity index (χ1v) is 8.16. The van der Waals surface area contributed by atoms with Crippen molar-refractivity contribution < 1.29 is 9.84 Å². The smallest absolute Gasteiger partial charge is 0.143 e. The van der Waals surface area contributed by atoms with E-state index in [0.29, 0.717) is 17.1 Å². The fourth-order valence-corrected chi connectivity index (χ4v) is 2.84. The summed E-state index contributed by atoms with van der Waals surface area (Å²) < 4.78 is 5.19. The SMILES string of the molecule is COc1ccc([C@@H](CN=Cc2cc(Cl)cc(Cl)c2O)N(C)C)cc1. The Bertz CT molecular complexity index is 716. The first-order chi connectivity index (χ1) is 11.4. The van der Waals surface area contributed by atoms with Gasteiger partial charge in [-0.05, 0) is 43.9 Å². The molecule has 1 atom stereocenters. The van der Waals surface area contributed by atoms with E-state index in [1.165, 1.54) is 6.07 Å². The summed E-state index contributed by atoms with van der Waals surface area (Å²) in [6, 6.07) is 11.1. The fourth-order valence-electron chi connectivity index (χ4n) is 2.33. The number of methoxy groups -OCH3 is 1. The van der Waals surface area contributed by atoms with Gasteiger partial charge in [0.05, 0.1) is 24.7 Å². The van der Waals surface area contributed by atoms with Crippen molar-refractivity contribution in [3.05, 3.63) is 57.6 Å². The van der Waals surface area contributed by atoms with Crippen molar-refractivity contribution in [3.8, 4) is 11.5 Å². The molecule has 0 unspecified atom stereocenters. The van der Waals surface area contributed by atoms with Gasteiger partial charge in [-0.15, -0.1) is 0 Å². The summed E-state index contributed by atoms with van der Waals surface area (Å²) >= 11 is 11.9. The van der Waals surface area contributed by atoms with Crippen LogP contribution in [0.3, 0.4) is 0 Å². The van der Waals surface area contributed by atoms with Crippen LogP contribution in [0.2, 0.25) is 10.0 Å². The van der Waals surface area contributed by atoms with Crippen molar-refractivity contribution >= 4 is 29.4 Å². The van der Waals surface area contributed by atoms with Crippen LogP contribution < -0.4 is 4.74 Å². The van der Waals surface area contributed by atoms with E-state index in [4.69, 9.17) is 27.9 Å². The number of ether oxygens (including phenoxy) is 1. The van der Waals surface area contributed by atoms with Crippen LogP contribution in [0.4, 0.5) is 0 Å². The number of nitrogens with zero attached hydrogens (tertiary/aromatic N) is 2. The summed E-state index contributed by atoms with van der Waals surface area (Å²) in [6.07, 6.45) is 1.59. The number of phenols is 1. The molecule has 0 fully saturated rings. The minimum absolute atomic E-state index is 0.0179. The highest BCUT2D eigenvalue weighted by atomic mass is 35.5. The summed E-state index contributed by atoms with van der Waals surface area (Å²) in [5.74, 6) is 0.800. The lowest BCUT2D eigenvalue weighted by atomic mass is 10.1. The lowest BCUT2D eigenvalue weighted by Gasteiger charge is -2.23. The van der Waals surface area contributed by atoms with E-state index in [0.717, 1.165) is 11.3 Å². The Balaban J connectivity index is 2.17. The topological polar surface area (TPSA) is 45.1 Å². The molecular weight excluding hydrogens is 347 g/mol. The molecule has 0 heterocycles. The maximum absolute atomic E-state index is 9.96. The van der Waals surface area contributed by atoms with Crippen LogP contribution in [0.15, 0.2) is 41.4 Å². The second-order valence-electron chi connectivity index (χ2n) is 5.57. The summed E-state index contributed by atoms with van der Waals surface area (Å²) in [7, 11) is 5.64. The zero-order chi connectivity index (χ0) is 17.7. The van der Waals surface area contributed by atoms with E-state index in [1.807, 2.05) is 38.4 Å². The van der Waals surface area contributed by atoms with Gasteiger partial charge in [-0.3, -0.25) is 4.99 Å². The number of aromatic hydroxyl groups is 1. The van der Waals surface area contributed by atoms with Gasteiger partial charge in [0.15, 0.2) is 0 Å². The minimum atomic E-state index is -0.0179. The average molecular weight is 367 g/mol. The molecule has 0 saturated carbocycles. The zero-order valence-electron chi connectivity index (χ0n) is 13.8. The first-order valence-electron chi connectivity index (χ1n) is 7.40. The highest BCUT2D eigenvalue weighted by molar-refractivity contribution is 6.36. The third-order valence-corrected chi connectivity index (χ3v) is 4.20. The van der Waals surface area contributed by atoms with Crippen LogP contribution in [-0.4, -0.2) is 44.0 Å². The van der Waals surface area contributed by atoms with Gasteiger partial charge in [-0.1, -0.05) is 35.3 Å². The fraction of sp³-hybridized carbons (Fsp3) is 0.278. The van der Waals surface area contributed by atoms with Crippen LogP contribution in [0.25, 0.3) is 0 Å². The Labute approximate surface area is 152 Å². The second kappa shape index (κ2) is 8.38. The van der Waals surface area contributed by atoms with Crippen molar-refractivity contribution in [1.29, 1.82) is 0 Å². The van der Waals surface area contributed by atoms with Gasteiger partial charge >= 0.3 is 0 Å². The maximum atomic E-state index is 9.96. The van der Waals surface area contributed by atoms with Crippen LogP contribution in [0, 0.1) is 0 Å². The summed E-state index contributed by atoms with van der Waals surface area (Å²) in [6.45, 7) is 0.531. The van der Waals surface area contributed by atoms with Crippen molar-refractivity contribution in [1.82, 2.24) is 4.90 Å². The minimum Gasteiger partial charge on any atom is -0.506 e. The van der Waals surface area contributed by atoms with Gasteiger partial charge in [-0.2, -0.15) is 0 Å². The van der Waals surface area contributed by atoms with Gasteiger partial charge in [0.25, 0.3) is 0 Å². The van der Waals surface area contributed by atoms with E-state index in [9.17, 15) is 5.11 Å². The number of hydrogen-bond donors (Lipinski definition) is 1. The largest absolute Gasteiger partial charge is 0.506 e. The monoisotopic (exact) mass is 366 g/mol. The molecule has 0 amide bonds. The van der Waals surface area contributed by atoms with E-state index in [-0.39, 0.29) is 16.8 Å². The Morgan fingerprint density at radius 1 is 1.21 bits per heavy atom. The van der Waals surface area contributed by atoms with Crippen LogP contribution in [0.1, 0.15) is 17.2 Å². The molecule has 24 heavy (non-hydrogen) atoms. The van der Waals surface area contributed by atoms with Crippen LogP contribution in [-0.2, 0) is 0 Å². The molecule has 0 aliphatic rings. The molecule has 0 aliphatic carbocycles. The van der Waals surface area contributed by atoms with E-state index in [2.05, 4.69) is 9.89 Å². The molecule has 2 rings (SSSR count). The van der Waals surface area contributed by atoms with Crippen molar-refractivity contribution in [2.45, 2.75) is 6.04 Å². The van der Waals surface area contributed by atoms with E-state index < -0.39 is 0 Å². The quantitative estimate of drug-likeness (QED) is 0.769. The number of benzene rings is 2. The standard InChI is InChI=1S/C18H20Cl2N2O2/c1-22(2)17(12-4-6-15(24-3)7-5-12)11-21-10-13-8-14(19)9-16(20)18(13)23/h4-10,17,23H,11H2,1-3H3/t17-/m1/s1. The lowest BCUT2D eigenvalue weighted by Crippen LogP contribution is -2.22. The molecule has 6 heteroatoms. The molecule has 0 radical (unpaired) electrons. The van der Waals surface area contributed by atoms with Crippen molar-refractivity contribution in [3.63, 3.8) is 0 Å². The van der Waals surface area contributed by atoms with Gasteiger partial charge in [-0.25, -0.2) is 0 Å². The summed E-state index contributed by atoms with van der Waals surface area (Å²) in [4.78, 5) is 6.54.